The fraction of sp³-hybridized carbons (Fsp3) is 0.350. The van der Waals surface area contributed by atoms with Gasteiger partial charge < -0.3 is 4.90 Å². The average molecular weight is 413 g/mol. The van der Waals surface area contributed by atoms with Crippen molar-refractivity contribution in [3.8, 4) is 5.82 Å². The Kier molecular flexibility index (Phi) is 5.33. The van der Waals surface area contributed by atoms with E-state index in [-0.39, 0.29) is 5.75 Å². The van der Waals surface area contributed by atoms with Crippen LogP contribution in [0.25, 0.3) is 5.82 Å². The Balaban J connectivity index is 1.45. The van der Waals surface area contributed by atoms with Gasteiger partial charge in [0.15, 0.2) is 0 Å². The molecule has 0 N–H and O–H groups in total. The summed E-state index contributed by atoms with van der Waals surface area (Å²) in [5.74, 6) is 2.25. The number of sulfonamides is 1. The highest BCUT2D eigenvalue weighted by molar-refractivity contribution is 7.88. The van der Waals surface area contributed by atoms with Crippen molar-refractivity contribution in [2.45, 2.75) is 19.6 Å². The molecule has 0 saturated carbocycles. The van der Waals surface area contributed by atoms with Gasteiger partial charge in [-0.05, 0) is 19.4 Å². The molecule has 9 heteroatoms. The van der Waals surface area contributed by atoms with Crippen LogP contribution in [0.15, 0.2) is 49.1 Å². The maximum atomic E-state index is 12.8. The molecule has 8 nitrogen and oxygen atoms in total. The van der Waals surface area contributed by atoms with E-state index in [2.05, 4.69) is 19.9 Å². The molecule has 0 aliphatic carbocycles. The topological polar surface area (TPSA) is 84.2 Å². The molecule has 29 heavy (non-hydrogen) atoms. The van der Waals surface area contributed by atoms with Gasteiger partial charge in [0.1, 0.15) is 23.8 Å². The van der Waals surface area contributed by atoms with Crippen molar-refractivity contribution in [1.82, 2.24) is 23.8 Å². The van der Waals surface area contributed by atoms with Gasteiger partial charge in [-0.3, -0.25) is 4.57 Å². The van der Waals surface area contributed by atoms with Crippen molar-refractivity contribution in [3.05, 3.63) is 66.0 Å². The molecule has 0 bridgehead atoms. The van der Waals surface area contributed by atoms with Crippen molar-refractivity contribution >= 4 is 15.8 Å². The summed E-state index contributed by atoms with van der Waals surface area (Å²) in [7, 11) is -3.35. The van der Waals surface area contributed by atoms with Gasteiger partial charge >= 0.3 is 0 Å². The second-order valence-corrected chi connectivity index (χ2v) is 9.20. The summed E-state index contributed by atoms with van der Waals surface area (Å²) in [6.45, 7) is 5.89. The third-order valence-electron chi connectivity index (χ3n) is 4.97. The summed E-state index contributed by atoms with van der Waals surface area (Å²) >= 11 is 0. The molecule has 1 saturated heterocycles. The number of aryl methyl sites for hydroxylation is 2. The lowest BCUT2D eigenvalue weighted by Crippen LogP contribution is -2.49. The molecule has 0 unspecified atom stereocenters. The van der Waals surface area contributed by atoms with Gasteiger partial charge in [0.25, 0.3) is 0 Å². The number of hydrogen-bond donors (Lipinski definition) is 0. The van der Waals surface area contributed by atoms with Gasteiger partial charge in [-0.2, -0.15) is 4.31 Å². The summed E-state index contributed by atoms with van der Waals surface area (Å²) in [6.07, 6.45) is 5.23. The van der Waals surface area contributed by atoms with Crippen molar-refractivity contribution < 1.29 is 8.42 Å². The molecule has 1 aliphatic rings. The summed E-state index contributed by atoms with van der Waals surface area (Å²) in [4.78, 5) is 15.2. The van der Waals surface area contributed by atoms with Gasteiger partial charge in [-0.25, -0.2) is 23.4 Å². The van der Waals surface area contributed by atoms with E-state index in [9.17, 15) is 8.42 Å². The minimum atomic E-state index is -3.35. The number of rotatable bonds is 5. The standard InChI is InChI=1S/C20H24N6O2S/c1-16-4-3-5-18(12-16)14-29(27,28)26-10-8-24(9-11-26)19-13-20(23-17(2)22-19)25-7-6-21-15-25/h3-7,12-13,15H,8-11,14H2,1-2H3. The lowest BCUT2D eigenvalue weighted by Gasteiger charge is -2.34. The highest BCUT2D eigenvalue weighted by Crippen LogP contribution is 2.20. The van der Waals surface area contributed by atoms with Crippen molar-refractivity contribution in [3.63, 3.8) is 0 Å². The molecule has 0 amide bonds. The monoisotopic (exact) mass is 412 g/mol. The SMILES string of the molecule is Cc1cccc(CS(=O)(=O)N2CCN(c3cc(-n4ccnc4)nc(C)n3)CC2)c1. The lowest BCUT2D eigenvalue weighted by atomic mass is 10.2. The molecule has 2 aromatic heterocycles. The zero-order valence-electron chi connectivity index (χ0n) is 16.6. The van der Waals surface area contributed by atoms with Crippen LogP contribution >= 0.6 is 0 Å². The van der Waals surface area contributed by atoms with Gasteiger partial charge in [-0.15, -0.1) is 0 Å². The molecule has 1 aromatic carbocycles. The minimum absolute atomic E-state index is 0.0338. The summed E-state index contributed by atoms with van der Waals surface area (Å²) in [6, 6.07) is 9.56. The first-order valence-electron chi connectivity index (χ1n) is 9.53. The Morgan fingerprint density at radius 2 is 1.76 bits per heavy atom. The molecule has 1 aliphatic heterocycles. The summed E-state index contributed by atoms with van der Waals surface area (Å²) in [5.41, 5.74) is 1.89. The Morgan fingerprint density at radius 1 is 1.00 bits per heavy atom. The van der Waals surface area contributed by atoms with E-state index in [0.717, 1.165) is 22.8 Å². The number of benzene rings is 1. The van der Waals surface area contributed by atoms with Gasteiger partial charge in [0, 0.05) is 44.6 Å². The predicted octanol–water partition coefficient (Wildman–Crippen LogP) is 1.93. The van der Waals surface area contributed by atoms with Crippen molar-refractivity contribution in [1.29, 1.82) is 0 Å². The van der Waals surface area contributed by atoms with E-state index in [0.29, 0.717) is 32.0 Å². The van der Waals surface area contributed by atoms with E-state index < -0.39 is 10.0 Å². The van der Waals surface area contributed by atoms with Gasteiger partial charge in [-0.1, -0.05) is 29.8 Å². The van der Waals surface area contributed by atoms with Crippen LogP contribution in [0.4, 0.5) is 5.82 Å². The first-order valence-corrected chi connectivity index (χ1v) is 11.1. The first-order chi connectivity index (χ1) is 13.9. The average Bonchev–Trinajstić information content (AvgIpc) is 3.22. The van der Waals surface area contributed by atoms with E-state index in [4.69, 9.17) is 0 Å². The Labute approximate surface area is 170 Å². The lowest BCUT2D eigenvalue weighted by molar-refractivity contribution is 0.383. The fourth-order valence-electron chi connectivity index (χ4n) is 3.52. The number of piperazine rings is 1. The van der Waals surface area contributed by atoms with Gasteiger partial charge in [0.05, 0.1) is 5.75 Å². The van der Waals surface area contributed by atoms with E-state index in [1.54, 1.807) is 16.8 Å². The zero-order chi connectivity index (χ0) is 20.4. The maximum Gasteiger partial charge on any atom is 0.218 e. The first kappa shape index (κ1) is 19.5. The molecule has 4 rings (SSSR count). The van der Waals surface area contributed by atoms with Crippen LogP contribution in [-0.2, 0) is 15.8 Å². The molecule has 3 aromatic rings. The van der Waals surface area contributed by atoms with E-state index in [1.807, 2.05) is 54.9 Å². The summed E-state index contributed by atoms with van der Waals surface area (Å²) < 4.78 is 29.1. The van der Waals surface area contributed by atoms with Crippen LogP contribution in [0.3, 0.4) is 0 Å². The molecule has 1 fully saturated rings. The third kappa shape index (κ3) is 4.46. The second kappa shape index (κ2) is 7.92. The largest absolute Gasteiger partial charge is 0.354 e. The molecular formula is C20H24N6O2S. The number of aromatic nitrogens is 4. The second-order valence-electron chi connectivity index (χ2n) is 7.23. The number of nitrogens with zero attached hydrogens (tertiary/aromatic N) is 6. The highest BCUT2D eigenvalue weighted by atomic mass is 32.2. The quantitative estimate of drug-likeness (QED) is 0.637. The number of anilines is 1. The molecule has 152 valence electrons. The van der Waals surface area contributed by atoms with E-state index in [1.165, 1.54) is 0 Å². The summed E-state index contributed by atoms with van der Waals surface area (Å²) in [5, 5.41) is 0. The highest BCUT2D eigenvalue weighted by Gasteiger charge is 2.28. The van der Waals surface area contributed by atoms with Crippen LogP contribution < -0.4 is 4.90 Å². The van der Waals surface area contributed by atoms with Crippen LogP contribution in [0.2, 0.25) is 0 Å². The molecular weight excluding hydrogens is 388 g/mol. The Morgan fingerprint density at radius 3 is 2.45 bits per heavy atom. The van der Waals surface area contributed by atoms with Crippen LogP contribution in [0.1, 0.15) is 17.0 Å². The molecule has 0 radical (unpaired) electrons. The maximum absolute atomic E-state index is 12.8. The normalized spacial score (nSPS) is 15.6. The van der Waals surface area contributed by atoms with Crippen LogP contribution in [0, 0.1) is 13.8 Å². The smallest absolute Gasteiger partial charge is 0.218 e. The van der Waals surface area contributed by atoms with Crippen LogP contribution in [0.5, 0.6) is 0 Å². The van der Waals surface area contributed by atoms with Gasteiger partial charge in [0.2, 0.25) is 10.0 Å². The molecule has 3 heterocycles. The van der Waals surface area contributed by atoms with Crippen molar-refractivity contribution in [2.75, 3.05) is 31.1 Å². The third-order valence-corrected chi connectivity index (χ3v) is 6.82. The molecule has 0 spiro atoms. The Bertz CT molecular complexity index is 1090. The predicted molar refractivity (Wildman–Crippen MR) is 111 cm³/mol. The Hall–Kier alpha value is -2.78. The fourth-order valence-corrected chi connectivity index (χ4v) is 5.03. The van der Waals surface area contributed by atoms with Crippen molar-refractivity contribution in [2.24, 2.45) is 0 Å². The minimum Gasteiger partial charge on any atom is -0.354 e. The number of imidazole rings is 1. The number of hydrogen-bond acceptors (Lipinski definition) is 6. The van der Waals surface area contributed by atoms with E-state index >= 15 is 0 Å². The molecule has 0 atom stereocenters. The zero-order valence-corrected chi connectivity index (χ0v) is 17.4. The van der Waals surface area contributed by atoms with Crippen LogP contribution in [-0.4, -0.2) is 58.4 Å².